The molecule has 0 radical (unpaired) electrons. The van der Waals surface area contributed by atoms with E-state index in [2.05, 4.69) is 4.98 Å². The van der Waals surface area contributed by atoms with Crippen LogP contribution in [-0.2, 0) is 15.1 Å². The van der Waals surface area contributed by atoms with Crippen LogP contribution in [0.5, 0.6) is 0 Å². The van der Waals surface area contributed by atoms with Gasteiger partial charge in [-0.25, -0.2) is 0 Å². The average molecular weight is 407 g/mol. The van der Waals surface area contributed by atoms with Gasteiger partial charge in [-0.15, -0.1) is 0 Å². The van der Waals surface area contributed by atoms with Gasteiger partial charge in [-0.05, 0) is 6.07 Å². The Bertz CT molecular complexity index is 775. The molecule has 0 atom stereocenters. The number of diazo groups is 1. The van der Waals surface area contributed by atoms with Gasteiger partial charge in [-0.1, -0.05) is 30.3 Å². The van der Waals surface area contributed by atoms with Crippen molar-refractivity contribution < 1.29 is 37.1 Å². The fourth-order valence-corrected chi connectivity index (χ4v) is 2.21. The molecule has 2 aromatic rings. The van der Waals surface area contributed by atoms with E-state index in [9.17, 15) is 9.59 Å². The molecule has 4 nitrogen and oxygen atoms in total. The molecule has 22 heavy (non-hydrogen) atoms. The molecule has 0 aliphatic heterocycles. The van der Waals surface area contributed by atoms with Gasteiger partial charge in [0, 0.05) is 22.8 Å². The monoisotopic (exact) mass is 404 g/mol. The molecule has 2 aromatic carbocycles. The maximum atomic E-state index is 12.3. The molecule has 0 bridgehead atoms. The summed E-state index contributed by atoms with van der Waals surface area (Å²) < 4.78 is 0. The van der Waals surface area contributed by atoms with Crippen molar-refractivity contribution in [1.29, 1.82) is 5.39 Å². The van der Waals surface area contributed by atoms with Gasteiger partial charge in [-0.3, -0.25) is 9.59 Å². The van der Waals surface area contributed by atoms with Crippen LogP contribution < -0.4 is 12.4 Å². The van der Waals surface area contributed by atoms with E-state index >= 15 is 0 Å². The molecule has 0 amide bonds. The zero-order valence-electron chi connectivity index (χ0n) is 11.1. The number of benzene rings is 2. The molecular formula is C14H7Cl3N2O2Zn. The van der Waals surface area contributed by atoms with Crippen LogP contribution in [0.3, 0.4) is 0 Å². The van der Waals surface area contributed by atoms with Crippen LogP contribution in [0.25, 0.3) is 4.98 Å². The number of hydrogen-bond acceptors (Lipinski definition) is 3. The molecule has 0 saturated heterocycles. The first-order valence-electron chi connectivity index (χ1n) is 5.94. The Morgan fingerprint density at radius 2 is 1.36 bits per heavy atom. The summed E-state index contributed by atoms with van der Waals surface area (Å²) >= 11 is -0.931. The molecule has 3 rings (SSSR count). The van der Waals surface area contributed by atoms with Crippen LogP contribution in [0, 0.1) is 5.39 Å². The van der Waals surface area contributed by atoms with E-state index in [4.69, 9.17) is 24.8 Å². The first-order chi connectivity index (χ1) is 10.2. The Morgan fingerprint density at radius 1 is 0.864 bits per heavy atom. The summed E-state index contributed by atoms with van der Waals surface area (Å²) in [5.74, 6) is -0.501. The molecule has 0 aromatic heterocycles. The van der Waals surface area contributed by atoms with Crippen molar-refractivity contribution in [3.63, 3.8) is 0 Å². The van der Waals surface area contributed by atoms with Crippen molar-refractivity contribution in [2.45, 2.75) is 0 Å². The summed E-state index contributed by atoms with van der Waals surface area (Å²) in [5, 5.41) is 8.91. The third-order valence-corrected chi connectivity index (χ3v) is 3.04. The third kappa shape index (κ3) is 3.37. The fourth-order valence-electron chi connectivity index (χ4n) is 2.21. The number of fused-ring (bicyclic) bond motifs is 2. The third-order valence-electron chi connectivity index (χ3n) is 3.04. The van der Waals surface area contributed by atoms with E-state index in [-0.39, 0.29) is 40.8 Å². The molecule has 1 aliphatic carbocycles. The second-order valence-electron chi connectivity index (χ2n) is 4.10. The summed E-state index contributed by atoms with van der Waals surface area (Å²) in [4.78, 5) is 27.6. The number of rotatable bonds is 0. The Hall–Kier alpha value is -1.31. The number of carbonyl (C=O) groups excluding carboxylic acids is 2. The van der Waals surface area contributed by atoms with Gasteiger partial charge in [0.1, 0.15) is 5.56 Å². The SMILES string of the molecule is N#[N+]c1cccc2c1C(=O)c1ccccc1C2=O.[Cl-].[Cl][Zn][Cl]. The summed E-state index contributed by atoms with van der Waals surface area (Å²) in [6, 6.07) is 11.3. The van der Waals surface area contributed by atoms with Crippen molar-refractivity contribution in [3.8, 4) is 0 Å². The van der Waals surface area contributed by atoms with Crippen molar-refractivity contribution in [3.05, 3.63) is 69.7 Å². The summed E-state index contributed by atoms with van der Waals surface area (Å²) in [7, 11) is 9.90. The van der Waals surface area contributed by atoms with Crippen LogP contribution in [0.2, 0.25) is 0 Å². The summed E-state index contributed by atoms with van der Waals surface area (Å²) in [6.45, 7) is 0. The summed E-state index contributed by atoms with van der Waals surface area (Å²) in [5.41, 5.74) is 1.33. The van der Waals surface area contributed by atoms with Crippen molar-refractivity contribution >= 4 is 36.6 Å². The minimum absolute atomic E-state index is 0. The molecular weight excluding hydrogens is 400 g/mol. The number of hydrogen-bond donors (Lipinski definition) is 0. The van der Waals surface area contributed by atoms with E-state index in [1.54, 1.807) is 36.4 Å². The zero-order chi connectivity index (χ0) is 15.4. The molecule has 0 N–H and O–H groups in total. The van der Waals surface area contributed by atoms with Crippen LogP contribution in [0.4, 0.5) is 5.69 Å². The van der Waals surface area contributed by atoms with Gasteiger partial charge in [0.05, 0.1) is 0 Å². The fraction of sp³-hybridized carbons (Fsp3) is 0. The quantitative estimate of drug-likeness (QED) is 0.418. The van der Waals surface area contributed by atoms with Crippen LogP contribution in [0.15, 0.2) is 42.5 Å². The predicted molar refractivity (Wildman–Crippen MR) is 76.2 cm³/mol. The van der Waals surface area contributed by atoms with E-state index in [0.717, 1.165) is 0 Å². The first-order valence-corrected chi connectivity index (χ1v) is 13.7. The molecule has 0 spiro atoms. The standard InChI is InChI=1S/C14H7N2O2.3ClH.Zn/c15-16-11-7-3-6-10-12(11)14(18)9-5-2-1-4-8(9)13(10)17;;;;/h1-7H;3*1H;/q+1;;;;+2/p-3. The summed E-state index contributed by atoms with van der Waals surface area (Å²) in [6.07, 6.45) is 0. The van der Waals surface area contributed by atoms with Crippen LogP contribution >= 0.6 is 19.4 Å². The molecule has 1 aliphatic rings. The number of nitrogens with zero attached hydrogens (tertiary/aromatic N) is 2. The van der Waals surface area contributed by atoms with Gasteiger partial charge in [0.25, 0.3) is 0 Å². The first kappa shape index (κ1) is 18.7. The van der Waals surface area contributed by atoms with E-state index in [1.165, 1.54) is 6.07 Å². The van der Waals surface area contributed by atoms with Gasteiger partial charge in [0.15, 0.2) is 10.8 Å². The van der Waals surface area contributed by atoms with Gasteiger partial charge in [0.2, 0.25) is 11.2 Å². The van der Waals surface area contributed by atoms with Crippen molar-refractivity contribution in [2.75, 3.05) is 0 Å². The predicted octanol–water partition coefficient (Wildman–Crippen LogP) is 1.33. The molecule has 8 heteroatoms. The van der Waals surface area contributed by atoms with Crippen LogP contribution in [0.1, 0.15) is 31.8 Å². The Morgan fingerprint density at radius 3 is 1.91 bits per heavy atom. The van der Waals surface area contributed by atoms with Gasteiger partial charge in [-0.2, -0.15) is 0 Å². The average Bonchev–Trinajstić information content (AvgIpc) is 2.52. The second kappa shape index (κ2) is 8.36. The van der Waals surface area contributed by atoms with Crippen molar-refractivity contribution in [2.24, 2.45) is 0 Å². The van der Waals surface area contributed by atoms with E-state index < -0.39 is 15.1 Å². The topological polar surface area (TPSA) is 62.3 Å². The van der Waals surface area contributed by atoms with Crippen LogP contribution in [-0.4, -0.2) is 11.6 Å². The van der Waals surface area contributed by atoms with E-state index in [0.29, 0.717) is 11.1 Å². The molecule has 108 valence electrons. The molecule has 0 heterocycles. The number of carbonyl (C=O) groups is 2. The number of ketones is 2. The van der Waals surface area contributed by atoms with Gasteiger partial charge < -0.3 is 12.4 Å². The van der Waals surface area contributed by atoms with Gasteiger partial charge >= 0.3 is 40.2 Å². The zero-order valence-corrected chi connectivity index (χ0v) is 16.3. The normalized spacial score (nSPS) is 10.8. The maximum absolute atomic E-state index is 12.3. The molecule has 0 unspecified atom stereocenters. The Kier molecular flexibility index (Phi) is 7.12. The number of halogens is 3. The Balaban J connectivity index is 0.000000562. The van der Waals surface area contributed by atoms with Crippen molar-refractivity contribution in [1.82, 2.24) is 0 Å². The minimum atomic E-state index is -0.931. The van der Waals surface area contributed by atoms with E-state index in [1.807, 2.05) is 0 Å². The molecule has 0 fully saturated rings. The molecule has 0 saturated carbocycles. The second-order valence-corrected chi connectivity index (χ2v) is 8.73. The Labute approximate surface area is 148 Å².